The zero-order valence-corrected chi connectivity index (χ0v) is 11.8. The van der Waals surface area contributed by atoms with Crippen LogP contribution >= 0.6 is 0 Å². The highest BCUT2D eigenvalue weighted by atomic mass is 19.1. The van der Waals surface area contributed by atoms with Crippen molar-refractivity contribution in [2.24, 2.45) is 5.92 Å². The molecule has 0 amide bonds. The lowest BCUT2D eigenvalue weighted by Crippen LogP contribution is -2.19. The molecule has 1 atom stereocenters. The maximum atomic E-state index is 13.5. The van der Waals surface area contributed by atoms with E-state index in [0.29, 0.717) is 17.9 Å². The van der Waals surface area contributed by atoms with E-state index in [2.05, 4.69) is 23.9 Å². The van der Waals surface area contributed by atoms with Gasteiger partial charge in [0.1, 0.15) is 18.0 Å². The van der Waals surface area contributed by atoms with Gasteiger partial charge in [0.15, 0.2) is 0 Å². The monoisotopic (exact) mass is 277 g/mol. The number of benzene rings is 1. The number of hydrogen-bond acceptors (Lipinski definition) is 3. The molecule has 1 aromatic carbocycles. The second-order valence-electron chi connectivity index (χ2n) is 5.41. The summed E-state index contributed by atoms with van der Waals surface area (Å²) in [5.41, 5.74) is 0.523. The van der Waals surface area contributed by atoms with E-state index in [4.69, 9.17) is 0 Å². The molecule has 1 N–H and O–H groups in total. The third-order valence-electron chi connectivity index (χ3n) is 3.07. The van der Waals surface area contributed by atoms with Gasteiger partial charge in [0, 0.05) is 19.4 Å². The molecule has 0 saturated heterocycles. The zero-order chi connectivity index (χ0) is 14.5. The van der Waals surface area contributed by atoms with Crippen molar-refractivity contribution in [3.05, 3.63) is 47.8 Å². The summed E-state index contributed by atoms with van der Waals surface area (Å²) in [5.74, 6) is 0.914. The Hall–Kier alpha value is -1.75. The van der Waals surface area contributed by atoms with E-state index in [1.165, 1.54) is 12.4 Å². The summed E-state index contributed by atoms with van der Waals surface area (Å²) in [5, 5.41) is 14.3. The SMILES string of the molecule is CC(C)Cn1ncnc1CC(O)Cc1ccccc1F. The molecule has 0 fully saturated rings. The number of aliphatic hydroxyl groups is 1. The first-order chi connectivity index (χ1) is 9.56. The lowest BCUT2D eigenvalue weighted by atomic mass is 10.0. The van der Waals surface area contributed by atoms with Crippen molar-refractivity contribution >= 4 is 0 Å². The molecule has 2 aromatic rings. The molecule has 0 aliphatic heterocycles. The van der Waals surface area contributed by atoms with Crippen LogP contribution in [0, 0.1) is 11.7 Å². The van der Waals surface area contributed by atoms with E-state index in [9.17, 15) is 9.50 Å². The average Bonchev–Trinajstić information content (AvgIpc) is 2.78. The standard InChI is InChI=1S/C15H20FN3O/c1-11(2)9-19-15(17-10-18-19)8-13(20)7-12-5-3-4-6-14(12)16/h3-6,10-11,13,20H,7-9H2,1-2H3. The highest BCUT2D eigenvalue weighted by Crippen LogP contribution is 2.12. The van der Waals surface area contributed by atoms with Crippen molar-refractivity contribution in [1.82, 2.24) is 14.8 Å². The number of hydrogen-bond donors (Lipinski definition) is 1. The van der Waals surface area contributed by atoms with Crippen LogP contribution in [0.15, 0.2) is 30.6 Å². The van der Waals surface area contributed by atoms with Gasteiger partial charge in [0.05, 0.1) is 6.10 Å². The van der Waals surface area contributed by atoms with Gasteiger partial charge in [-0.1, -0.05) is 32.0 Å². The Bertz CT molecular complexity index is 554. The molecule has 20 heavy (non-hydrogen) atoms. The number of nitrogens with zero attached hydrogens (tertiary/aromatic N) is 3. The van der Waals surface area contributed by atoms with Crippen LogP contribution in [0.4, 0.5) is 4.39 Å². The minimum Gasteiger partial charge on any atom is -0.392 e. The molecule has 0 aliphatic carbocycles. The molecule has 0 saturated carbocycles. The summed E-state index contributed by atoms with van der Waals surface area (Å²) in [4.78, 5) is 4.17. The van der Waals surface area contributed by atoms with Gasteiger partial charge in [0.2, 0.25) is 0 Å². The van der Waals surface area contributed by atoms with Crippen LogP contribution in [0.5, 0.6) is 0 Å². The topological polar surface area (TPSA) is 50.9 Å². The van der Waals surface area contributed by atoms with E-state index in [-0.39, 0.29) is 12.2 Å². The first kappa shape index (κ1) is 14.7. The van der Waals surface area contributed by atoms with Gasteiger partial charge in [-0.25, -0.2) is 14.1 Å². The summed E-state index contributed by atoms with van der Waals surface area (Å²) in [7, 11) is 0. The third kappa shape index (κ3) is 3.87. The molecular weight excluding hydrogens is 257 g/mol. The van der Waals surface area contributed by atoms with Crippen molar-refractivity contribution in [2.45, 2.75) is 39.3 Å². The van der Waals surface area contributed by atoms with E-state index in [1.807, 2.05) is 0 Å². The molecule has 0 spiro atoms. The summed E-state index contributed by atoms with van der Waals surface area (Å²) < 4.78 is 15.3. The predicted molar refractivity (Wildman–Crippen MR) is 74.7 cm³/mol. The van der Waals surface area contributed by atoms with Crippen molar-refractivity contribution in [1.29, 1.82) is 0 Å². The molecule has 0 radical (unpaired) electrons. The Morgan fingerprint density at radius 2 is 2.00 bits per heavy atom. The minimum atomic E-state index is -0.665. The van der Waals surface area contributed by atoms with Crippen molar-refractivity contribution in [2.75, 3.05) is 0 Å². The van der Waals surface area contributed by atoms with E-state index in [1.54, 1.807) is 22.9 Å². The Morgan fingerprint density at radius 1 is 1.25 bits per heavy atom. The molecular formula is C15H20FN3O. The number of aromatic nitrogens is 3. The smallest absolute Gasteiger partial charge is 0.138 e. The van der Waals surface area contributed by atoms with Crippen LogP contribution < -0.4 is 0 Å². The Kier molecular flexibility index (Phi) is 4.84. The minimum absolute atomic E-state index is 0.279. The van der Waals surface area contributed by atoms with Gasteiger partial charge < -0.3 is 5.11 Å². The summed E-state index contributed by atoms with van der Waals surface area (Å²) in [6.07, 6.45) is 1.48. The summed E-state index contributed by atoms with van der Waals surface area (Å²) in [6.45, 7) is 4.96. The van der Waals surface area contributed by atoms with Gasteiger partial charge in [0.25, 0.3) is 0 Å². The molecule has 2 rings (SSSR count). The third-order valence-corrected chi connectivity index (χ3v) is 3.07. The van der Waals surface area contributed by atoms with Gasteiger partial charge in [-0.15, -0.1) is 0 Å². The fourth-order valence-electron chi connectivity index (χ4n) is 2.15. The predicted octanol–water partition coefficient (Wildman–Crippen LogP) is 2.22. The van der Waals surface area contributed by atoms with Crippen LogP contribution in [0.2, 0.25) is 0 Å². The van der Waals surface area contributed by atoms with Crippen molar-refractivity contribution in [3.63, 3.8) is 0 Å². The molecule has 4 nitrogen and oxygen atoms in total. The van der Waals surface area contributed by atoms with Crippen LogP contribution in [-0.4, -0.2) is 26.0 Å². The molecule has 5 heteroatoms. The molecule has 0 bridgehead atoms. The molecule has 108 valence electrons. The Balaban J connectivity index is 2.00. The highest BCUT2D eigenvalue weighted by Gasteiger charge is 2.14. The fourth-order valence-corrected chi connectivity index (χ4v) is 2.15. The zero-order valence-electron chi connectivity index (χ0n) is 11.8. The second kappa shape index (κ2) is 6.61. The maximum Gasteiger partial charge on any atom is 0.138 e. The number of rotatable bonds is 6. The molecule has 1 unspecified atom stereocenters. The van der Waals surface area contributed by atoms with Gasteiger partial charge in [-0.3, -0.25) is 0 Å². The molecule has 1 heterocycles. The molecule has 0 aliphatic rings. The quantitative estimate of drug-likeness (QED) is 0.881. The van der Waals surface area contributed by atoms with Crippen LogP contribution in [-0.2, 0) is 19.4 Å². The first-order valence-corrected chi connectivity index (χ1v) is 6.84. The first-order valence-electron chi connectivity index (χ1n) is 6.84. The number of aliphatic hydroxyl groups excluding tert-OH is 1. The van der Waals surface area contributed by atoms with Gasteiger partial charge in [-0.2, -0.15) is 5.10 Å². The lowest BCUT2D eigenvalue weighted by Gasteiger charge is -2.13. The maximum absolute atomic E-state index is 13.5. The van der Waals surface area contributed by atoms with Crippen LogP contribution in [0.1, 0.15) is 25.2 Å². The Labute approximate surface area is 118 Å². The Morgan fingerprint density at radius 3 is 2.70 bits per heavy atom. The summed E-state index contributed by atoms with van der Waals surface area (Å²) in [6, 6.07) is 6.51. The van der Waals surface area contributed by atoms with Gasteiger partial charge >= 0.3 is 0 Å². The largest absolute Gasteiger partial charge is 0.392 e. The van der Waals surface area contributed by atoms with Crippen molar-refractivity contribution in [3.8, 4) is 0 Å². The van der Waals surface area contributed by atoms with Crippen LogP contribution in [0.25, 0.3) is 0 Å². The van der Waals surface area contributed by atoms with E-state index >= 15 is 0 Å². The lowest BCUT2D eigenvalue weighted by molar-refractivity contribution is 0.169. The number of halogens is 1. The second-order valence-corrected chi connectivity index (χ2v) is 5.41. The summed E-state index contributed by atoms with van der Waals surface area (Å²) >= 11 is 0. The molecule has 1 aromatic heterocycles. The van der Waals surface area contributed by atoms with E-state index in [0.717, 1.165) is 12.4 Å². The average molecular weight is 277 g/mol. The normalized spacial score (nSPS) is 12.8. The highest BCUT2D eigenvalue weighted by molar-refractivity contribution is 5.18. The fraction of sp³-hybridized carbons (Fsp3) is 0.467. The van der Waals surface area contributed by atoms with E-state index < -0.39 is 6.10 Å². The van der Waals surface area contributed by atoms with Crippen LogP contribution in [0.3, 0.4) is 0 Å². The van der Waals surface area contributed by atoms with Gasteiger partial charge in [-0.05, 0) is 17.5 Å². The van der Waals surface area contributed by atoms with Crippen molar-refractivity contribution < 1.29 is 9.50 Å².